The first-order chi connectivity index (χ1) is 11.4. The molecule has 0 aliphatic carbocycles. The van der Waals surface area contributed by atoms with Crippen LogP contribution in [-0.4, -0.2) is 74.5 Å². The van der Waals surface area contributed by atoms with Gasteiger partial charge in [0.05, 0.1) is 24.5 Å². The molecule has 0 radical (unpaired) electrons. The molecule has 146 valence electrons. The zero-order valence-corrected chi connectivity index (χ0v) is 16.3. The van der Waals surface area contributed by atoms with Crippen LogP contribution in [0.5, 0.6) is 0 Å². The van der Waals surface area contributed by atoms with E-state index >= 15 is 0 Å². The van der Waals surface area contributed by atoms with Crippen LogP contribution in [0.1, 0.15) is 34.6 Å². The van der Waals surface area contributed by atoms with Gasteiger partial charge in [-0.2, -0.15) is 4.31 Å². The average Bonchev–Trinajstić information content (AvgIpc) is 2.42. The zero-order valence-electron chi connectivity index (χ0n) is 15.5. The standard InChI is InChI=1S/C15H29N3O6S/c1-11-9-18(10-12(2)23-11)25(21,22)7-6-16-13(19)8-17-14(20)24-15(3,4)5/h11-12H,6-10H2,1-5H3,(H,16,19)(H,17,20)/t11-,12+. The number of ether oxygens (including phenoxy) is 2. The van der Waals surface area contributed by atoms with Crippen LogP contribution < -0.4 is 10.6 Å². The minimum absolute atomic E-state index is 0.0305. The van der Waals surface area contributed by atoms with Gasteiger partial charge in [0, 0.05) is 19.6 Å². The molecule has 10 heteroatoms. The molecule has 9 nitrogen and oxygen atoms in total. The van der Waals surface area contributed by atoms with E-state index < -0.39 is 27.6 Å². The molecule has 0 aromatic carbocycles. The van der Waals surface area contributed by atoms with E-state index in [0.717, 1.165) is 0 Å². The van der Waals surface area contributed by atoms with Gasteiger partial charge in [0.1, 0.15) is 5.60 Å². The quantitative estimate of drug-likeness (QED) is 0.675. The van der Waals surface area contributed by atoms with Crippen LogP contribution in [0, 0.1) is 0 Å². The van der Waals surface area contributed by atoms with Crippen molar-refractivity contribution in [3.63, 3.8) is 0 Å². The number of nitrogens with zero attached hydrogens (tertiary/aromatic N) is 1. The average molecular weight is 379 g/mol. The number of morpholine rings is 1. The van der Waals surface area contributed by atoms with Crippen LogP contribution >= 0.6 is 0 Å². The summed E-state index contributed by atoms with van der Waals surface area (Å²) in [6.07, 6.45) is -1.02. The maximum absolute atomic E-state index is 12.3. The van der Waals surface area contributed by atoms with E-state index in [1.54, 1.807) is 20.8 Å². The first-order valence-corrected chi connectivity index (χ1v) is 9.87. The molecule has 1 aliphatic rings. The molecule has 0 bridgehead atoms. The van der Waals surface area contributed by atoms with Crippen LogP contribution in [0.3, 0.4) is 0 Å². The third-order valence-corrected chi connectivity index (χ3v) is 5.06. The van der Waals surface area contributed by atoms with Crippen LogP contribution in [0.4, 0.5) is 4.79 Å². The Bertz CT molecular complexity index is 562. The molecular weight excluding hydrogens is 350 g/mol. The summed E-state index contributed by atoms with van der Waals surface area (Å²) in [4.78, 5) is 23.1. The molecule has 1 saturated heterocycles. The van der Waals surface area contributed by atoms with Crippen molar-refractivity contribution in [2.24, 2.45) is 0 Å². The number of amides is 2. The van der Waals surface area contributed by atoms with Crippen molar-refractivity contribution >= 4 is 22.0 Å². The summed E-state index contributed by atoms with van der Waals surface area (Å²) in [5.74, 6) is -0.685. The van der Waals surface area contributed by atoms with E-state index in [-0.39, 0.29) is 31.1 Å². The second-order valence-electron chi connectivity index (χ2n) is 7.10. The van der Waals surface area contributed by atoms with E-state index in [4.69, 9.17) is 9.47 Å². The van der Waals surface area contributed by atoms with Gasteiger partial charge < -0.3 is 20.1 Å². The van der Waals surface area contributed by atoms with E-state index in [1.807, 2.05) is 13.8 Å². The molecule has 1 aliphatic heterocycles. The normalized spacial score (nSPS) is 22.3. The monoisotopic (exact) mass is 379 g/mol. The summed E-state index contributed by atoms with van der Waals surface area (Å²) in [7, 11) is -3.47. The summed E-state index contributed by atoms with van der Waals surface area (Å²) >= 11 is 0. The number of carbonyl (C=O) groups is 2. The molecule has 0 unspecified atom stereocenters. The predicted molar refractivity (Wildman–Crippen MR) is 92.6 cm³/mol. The Morgan fingerprint density at radius 3 is 2.24 bits per heavy atom. The van der Waals surface area contributed by atoms with Crippen LogP contribution in [-0.2, 0) is 24.3 Å². The topological polar surface area (TPSA) is 114 Å². The van der Waals surface area contributed by atoms with Crippen LogP contribution in [0.2, 0.25) is 0 Å². The van der Waals surface area contributed by atoms with Crippen molar-refractivity contribution in [2.45, 2.75) is 52.4 Å². The van der Waals surface area contributed by atoms with Crippen molar-refractivity contribution in [1.29, 1.82) is 0 Å². The lowest BCUT2D eigenvalue weighted by Crippen LogP contribution is -2.50. The Balaban J connectivity index is 2.33. The molecule has 1 rings (SSSR count). The van der Waals surface area contributed by atoms with Gasteiger partial charge in [-0.15, -0.1) is 0 Å². The first-order valence-electron chi connectivity index (χ1n) is 8.26. The molecule has 2 atom stereocenters. The highest BCUT2D eigenvalue weighted by molar-refractivity contribution is 7.89. The second-order valence-corrected chi connectivity index (χ2v) is 9.18. The molecule has 1 fully saturated rings. The van der Waals surface area contributed by atoms with E-state index in [2.05, 4.69) is 10.6 Å². The molecular formula is C15H29N3O6S. The fourth-order valence-corrected chi connectivity index (χ4v) is 3.83. The Labute approximate surface area is 149 Å². The summed E-state index contributed by atoms with van der Waals surface area (Å²) in [5, 5.41) is 4.78. The number of carbonyl (C=O) groups excluding carboxylic acids is 2. The molecule has 1 heterocycles. The molecule has 0 aromatic rings. The van der Waals surface area contributed by atoms with Crippen molar-refractivity contribution in [2.75, 3.05) is 31.9 Å². The minimum atomic E-state index is -3.47. The van der Waals surface area contributed by atoms with Crippen LogP contribution in [0.25, 0.3) is 0 Å². The highest BCUT2D eigenvalue weighted by Crippen LogP contribution is 2.14. The van der Waals surface area contributed by atoms with E-state index in [1.165, 1.54) is 4.31 Å². The maximum Gasteiger partial charge on any atom is 0.408 e. The Hall–Kier alpha value is -1.39. The maximum atomic E-state index is 12.3. The molecule has 2 amide bonds. The van der Waals surface area contributed by atoms with Crippen molar-refractivity contribution in [3.8, 4) is 0 Å². The van der Waals surface area contributed by atoms with Crippen molar-refractivity contribution in [1.82, 2.24) is 14.9 Å². The van der Waals surface area contributed by atoms with Gasteiger partial charge >= 0.3 is 6.09 Å². The van der Waals surface area contributed by atoms with Crippen LogP contribution in [0.15, 0.2) is 0 Å². The lowest BCUT2D eigenvalue weighted by molar-refractivity contribution is -0.120. The Morgan fingerprint density at radius 2 is 1.72 bits per heavy atom. The van der Waals surface area contributed by atoms with Gasteiger partial charge in [0.25, 0.3) is 0 Å². The molecule has 0 aromatic heterocycles. The number of rotatable bonds is 6. The number of sulfonamides is 1. The second kappa shape index (κ2) is 8.81. The molecule has 0 spiro atoms. The number of alkyl carbamates (subject to hydrolysis) is 1. The number of hydrogen-bond acceptors (Lipinski definition) is 6. The van der Waals surface area contributed by atoms with E-state index in [0.29, 0.717) is 13.1 Å². The number of nitrogens with one attached hydrogen (secondary N) is 2. The lowest BCUT2D eigenvalue weighted by atomic mass is 10.2. The SMILES string of the molecule is C[C@@H]1CN(S(=O)(=O)CCNC(=O)CNC(=O)OC(C)(C)C)C[C@H](C)O1. The third-order valence-electron chi connectivity index (χ3n) is 3.25. The van der Waals surface area contributed by atoms with Gasteiger partial charge in [-0.3, -0.25) is 4.79 Å². The fourth-order valence-electron chi connectivity index (χ4n) is 2.34. The predicted octanol–water partition coefficient (Wildman–Crippen LogP) is 0.0663. The molecule has 2 N–H and O–H groups in total. The first kappa shape index (κ1) is 21.7. The smallest absolute Gasteiger partial charge is 0.408 e. The number of hydrogen-bond donors (Lipinski definition) is 2. The van der Waals surface area contributed by atoms with Gasteiger partial charge in [0.2, 0.25) is 15.9 Å². The Kier molecular flexibility index (Phi) is 7.63. The summed E-state index contributed by atoms with van der Waals surface area (Å²) < 4.78 is 36.5. The largest absolute Gasteiger partial charge is 0.444 e. The molecule has 0 saturated carbocycles. The highest BCUT2D eigenvalue weighted by Gasteiger charge is 2.30. The molecule has 25 heavy (non-hydrogen) atoms. The van der Waals surface area contributed by atoms with Gasteiger partial charge in [-0.1, -0.05) is 0 Å². The van der Waals surface area contributed by atoms with Crippen molar-refractivity contribution in [3.05, 3.63) is 0 Å². The summed E-state index contributed by atoms with van der Waals surface area (Å²) in [6, 6.07) is 0. The van der Waals surface area contributed by atoms with Gasteiger partial charge in [-0.25, -0.2) is 13.2 Å². The van der Waals surface area contributed by atoms with Gasteiger partial charge in [-0.05, 0) is 34.6 Å². The summed E-state index contributed by atoms with van der Waals surface area (Å²) in [5.41, 5.74) is -0.652. The van der Waals surface area contributed by atoms with Crippen molar-refractivity contribution < 1.29 is 27.5 Å². The third kappa shape index (κ3) is 8.50. The Morgan fingerprint density at radius 1 is 1.16 bits per heavy atom. The highest BCUT2D eigenvalue weighted by atomic mass is 32.2. The van der Waals surface area contributed by atoms with E-state index in [9.17, 15) is 18.0 Å². The zero-order chi connectivity index (χ0) is 19.3. The lowest BCUT2D eigenvalue weighted by Gasteiger charge is -2.34. The summed E-state index contributed by atoms with van der Waals surface area (Å²) in [6.45, 7) is 9.09. The minimum Gasteiger partial charge on any atom is -0.444 e. The fraction of sp³-hybridized carbons (Fsp3) is 0.867. The van der Waals surface area contributed by atoms with Gasteiger partial charge in [0.15, 0.2) is 0 Å².